The number of H-pyrrole nitrogens is 4. The van der Waals surface area contributed by atoms with Gasteiger partial charge in [0.05, 0.1) is 52.1 Å². The fourth-order valence-corrected chi connectivity index (χ4v) is 20.8. The van der Waals surface area contributed by atoms with Crippen LogP contribution in [0.15, 0.2) is 207 Å². The molecule has 0 spiro atoms. The summed E-state index contributed by atoms with van der Waals surface area (Å²) in [5, 5.41) is 11.8. The Labute approximate surface area is 872 Å². The number of nitrogens with zero attached hydrogens (tertiary/aromatic N) is 9. The maximum atomic E-state index is 13.5. The van der Waals surface area contributed by atoms with Gasteiger partial charge in [0.2, 0.25) is 0 Å². The molecule has 19 rings (SSSR count). The van der Waals surface area contributed by atoms with Crippen molar-refractivity contribution in [2.75, 3.05) is 149 Å². The minimum Gasteiger partial charge on any atom is -0.494 e. The van der Waals surface area contributed by atoms with Gasteiger partial charge in [-0.25, -0.2) is 24.2 Å². The molecule has 26 nitrogen and oxygen atoms in total. The monoisotopic (exact) mass is 2100 g/mol. The maximum Gasteiger partial charge on any atom is 0.416 e. The summed E-state index contributed by atoms with van der Waals surface area (Å²) < 4.78 is 52.9. The molecule has 0 saturated carbocycles. The van der Waals surface area contributed by atoms with Crippen LogP contribution in [-0.4, -0.2) is 238 Å². The number of carbonyl (C=O) groups is 4. The van der Waals surface area contributed by atoms with Gasteiger partial charge >= 0.3 is 24.4 Å². The molecule has 5 aliphatic rings. The third-order valence-electron chi connectivity index (χ3n) is 25.7. The fraction of sp³-hybridized carbons (Fsp3) is 0.376. The van der Waals surface area contributed by atoms with Gasteiger partial charge in [-0.05, 0) is 254 Å². The lowest BCUT2D eigenvalue weighted by molar-refractivity contribution is 0.0621. The molecule has 4 N–H and O–H groups in total. The first-order valence-electron chi connectivity index (χ1n) is 48.5. The summed E-state index contributed by atoms with van der Waals surface area (Å²) in [5.74, 6) is 6.92. The lowest BCUT2D eigenvalue weighted by atomic mass is 9.92. The van der Waals surface area contributed by atoms with E-state index in [4.69, 9.17) is 124 Å². The van der Waals surface area contributed by atoms with Crippen LogP contribution in [0, 0.1) is 5.41 Å². The highest BCUT2D eigenvalue weighted by Crippen LogP contribution is 2.46. The van der Waals surface area contributed by atoms with Gasteiger partial charge in [-0.2, -0.15) is 16.9 Å². The van der Waals surface area contributed by atoms with Crippen molar-refractivity contribution >= 4 is 161 Å². The molecule has 9 aromatic carbocycles. The maximum absolute atomic E-state index is 13.5. The van der Waals surface area contributed by atoms with Crippen molar-refractivity contribution in [1.29, 1.82) is 0 Å². The number of aryl methyl sites for hydroxylation is 1. The highest BCUT2D eigenvalue weighted by molar-refractivity contribution is 7.99. The number of fused-ring (bicyclic) bond motifs is 12. The number of methoxy groups -OCH3 is 1. The van der Waals surface area contributed by atoms with Crippen molar-refractivity contribution in [2.24, 2.45) is 5.41 Å². The Morgan fingerprint density at radius 1 is 0.413 bits per heavy atom. The minimum atomic E-state index is -0.424. The van der Waals surface area contributed by atoms with E-state index in [0.29, 0.717) is 115 Å². The normalized spacial score (nSPS) is 16.1. The van der Waals surface area contributed by atoms with Crippen molar-refractivity contribution < 1.29 is 61.8 Å². The summed E-state index contributed by atoms with van der Waals surface area (Å²) in [6, 6.07) is 60.8. The molecule has 34 heteroatoms. The molecule has 1 saturated heterocycles. The average Bonchev–Trinajstić information content (AvgIpc) is 1.62. The molecule has 143 heavy (non-hydrogen) atoms. The van der Waals surface area contributed by atoms with Crippen molar-refractivity contribution in [2.45, 2.75) is 110 Å². The largest absolute Gasteiger partial charge is 0.494 e. The zero-order valence-electron chi connectivity index (χ0n) is 81.0. The van der Waals surface area contributed by atoms with Crippen LogP contribution < -0.4 is 23.7 Å². The second kappa shape index (κ2) is 50.1. The summed E-state index contributed by atoms with van der Waals surface area (Å²) in [4.78, 5) is 82.5. The van der Waals surface area contributed by atoms with Crippen LogP contribution in [0.3, 0.4) is 0 Å². The molecule has 0 aliphatic carbocycles. The van der Waals surface area contributed by atoms with E-state index in [-0.39, 0.29) is 60.3 Å². The Morgan fingerprint density at radius 3 is 1.15 bits per heavy atom. The Hall–Kier alpha value is -11.2. The first-order chi connectivity index (χ1) is 69.5. The zero-order chi connectivity index (χ0) is 100. The molecule has 1 fully saturated rings. The molecule has 4 atom stereocenters. The number of aromatic nitrogens is 7. The number of likely N-dealkylation sites (N-methyl/N-ethyl adjacent to an activating group) is 1. The van der Waals surface area contributed by atoms with Gasteiger partial charge in [0.25, 0.3) is 0 Å². The van der Waals surface area contributed by atoms with E-state index in [0.717, 1.165) is 189 Å². The number of carbonyl (C=O) groups excluding carboxylic acids is 4. The lowest BCUT2D eigenvalue weighted by Gasteiger charge is -2.36. The molecule has 14 aromatic rings. The second-order valence-electron chi connectivity index (χ2n) is 36.8. The highest BCUT2D eigenvalue weighted by Gasteiger charge is 2.41. The molecule has 0 bridgehead atoms. The number of halogens is 7. The van der Waals surface area contributed by atoms with Crippen LogP contribution in [0.4, 0.5) is 19.2 Å². The van der Waals surface area contributed by atoms with Gasteiger partial charge in [0.15, 0.2) is 0 Å². The van der Waals surface area contributed by atoms with E-state index >= 15 is 0 Å². The molecule has 4 amide bonds. The van der Waals surface area contributed by atoms with E-state index in [1.165, 1.54) is 47.6 Å². The number of thioether (sulfide) groups is 1. The summed E-state index contributed by atoms with van der Waals surface area (Å²) in [7, 11) is 3.79. The van der Waals surface area contributed by atoms with Gasteiger partial charge in [-0.15, -0.1) is 23.2 Å². The lowest BCUT2D eigenvalue weighted by Crippen LogP contribution is -2.42. The van der Waals surface area contributed by atoms with E-state index in [1.54, 1.807) is 52.2 Å². The molecule has 754 valence electrons. The van der Waals surface area contributed by atoms with Crippen molar-refractivity contribution in [1.82, 2.24) is 64.1 Å². The number of aromatic amines is 4. The Kier molecular flexibility index (Phi) is 36.7. The molecule has 10 heterocycles. The number of amides is 4. The Balaban J connectivity index is 0.000000137. The SMILES string of the molecule is CC(C)(C)COC(=O)N1CCc2c([nH]c3ccc(Cl)cc23)C1c1ccc(OCCCCl)cc1.CCOC(=O)N1CCc2c([nH]c3ccc(Cl)cc23)C1c1ccc(OCCCN2CCSCC2)cc1.COCCN(C)CCCOc1ccc(C2c3[nH]c4ccc(Cl)cc4c3CCN2C(=O)Oc2ccc(Cl)cc2)cc1.O=C(OCCCl)N1CCc2c([nH]c3ccc(Cl)cc23)C1c1ccc(OCCCn2cncn2)cc1. The number of hydrogen-bond acceptors (Lipinski definition) is 18. The quantitative estimate of drug-likeness (QED) is 0.0179. The van der Waals surface area contributed by atoms with Gasteiger partial charge < -0.3 is 72.4 Å². The number of ether oxygens (including phenoxy) is 9. The second-order valence-corrected chi connectivity index (χ2v) is 41.0. The molecular weight excluding hydrogens is 1980 g/mol. The third kappa shape index (κ3) is 26.8. The van der Waals surface area contributed by atoms with Crippen LogP contribution in [0.25, 0.3) is 43.6 Å². The van der Waals surface area contributed by atoms with Crippen LogP contribution in [0.1, 0.15) is 145 Å². The zero-order valence-corrected chi connectivity index (χ0v) is 87.1. The Morgan fingerprint density at radius 2 is 0.776 bits per heavy atom. The molecule has 5 aliphatic heterocycles. The number of rotatable bonds is 31. The van der Waals surface area contributed by atoms with Crippen molar-refractivity contribution in [3.63, 3.8) is 0 Å². The van der Waals surface area contributed by atoms with Crippen LogP contribution in [-0.2, 0) is 51.2 Å². The number of nitrogens with one attached hydrogen (secondary N) is 4. The molecular formula is C109H120Cl7N13O13S. The fourth-order valence-electron chi connectivity index (χ4n) is 18.8. The summed E-state index contributed by atoms with van der Waals surface area (Å²) >= 11 is 44.7. The van der Waals surface area contributed by atoms with Gasteiger partial charge in [0.1, 0.15) is 72.2 Å². The van der Waals surface area contributed by atoms with Gasteiger partial charge in [-0.1, -0.05) is 127 Å². The minimum absolute atomic E-state index is 0.105. The molecule has 4 unspecified atom stereocenters. The van der Waals surface area contributed by atoms with E-state index in [9.17, 15) is 19.2 Å². The van der Waals surface area contributed by atoms with Crippen LogP contribution in [0.2, 0.25) is 25.1 Å². The van der Waals surface area contributed by atoms with Gasteiger partial charge in [0, 0.05) is 188 Å². The summed E-state index contributed by atoms with van der Waals surface area (Å²) in [6.45, 7) is 20.2. The van der Waals surface area contributed by atoms with E-state index < -0.39 is 6.09 Å². The summed E-state index contributed by atoms with van der Waals surface area (Å²) in [6.07, 6.45) is 8.21. The standard InChI is InChI=1S/C31H33Cl2N3O4.C27H32ClN3O3S.C26H30Cl2N2O3.C25H25Cl2N5O3/c1-35(17-19-38-2)15-3-18-39-24-9-4-21(5-10-24)30-29-26(27-20-23(33)8-13-28(27)34-29)14-16-36(30)31(37)40-25-11-6-22(32)7-12-25;1-2-33-27(32)31-12-10-22-23-18-20(28)6-9-24(23)29-25(22)26(31)19-4-7-21(8-5-19)34-15-3-11-30-13-16-35-17-14-30;1-26(2,3)16-33-25(31)30-13-11-20-21-15-18(28)7-10-22(21)29-23(20)24(30)17-5-8-19(9-6-17)32-14-4-12-27;26-9-13-35-25(33)32-11-8-20-21-14-18(27)4-7-22(21)30-23(20)24(32)17-2-5-19(6-3-17)34-12-1-10-31-16-28-15-29-31/h4-13,20,30,34H,3,14-19H2,1-2H3;4-9,18,26,29H,2-3,10-17H2,1H3;5-10,15,24,29H,4,11-14,16H2,1-3H3;2-7,14-16,24,30H,1,8-13H2. The van der Waals surface area contributed by atoms with E-state index in [1.807, 2.05) is 186 Å². The topological polar surface area (TPSA) is 265 Å². The predicted octanol–water partition coefficient (Wildman–Crippen LogP) is 24.9. The number of benzene rings is 9. The predicted molar refractivity (Wildman–Crippen MR) is 570 cm³/mol. The summed E-state index contributed by atoms with van der Waals surface area (Å²) in [5.41, 5.74) is 16.5. The van der Waals surface area contributed by atoms with Crippen LogP contribution in [0.5, 0.6) is 28.7 Å². The van der Waals surface area contributed by atoms with Crippen molar-refractivity contribution in [3.8, 4) is 28.7 Å². The Bertz CT molecular complexity index is 6580. The smallest absolute Gasteiger partial charge is 0.416 e. The first-order valence-corrected chi connectivity index (χ1v) is 52.7. The average molecular weight is 2100 g/mol. The first kappa shape index (κ1) is 105. The third-order valence-corrected chi connectivity index (χ3v) is 28.3. The van der Waals surface area contributed by atoms with Crippen molar-refractivity contribution in [3.05, 3.63) is 299 Å². The van der Waals surface area contributed by atoms with E-state index in [2.05, 4.69) is 79.8 Å². The van der Waals surface area contributed by atoms with Gasteiger partial charge in [-0.3, -0.25) is 24.3 Å². The number of alkyl halides is 2. The molecule has 0 radical (unpaired) electrons. The van der Waals surface area contributed by atoms with Crippen LogP contribution >= 0.6 is 93.0 Å². The number of hydrogen-bond donors (Lipinski definition) is 4. The molecule has 5 aromatic heterocycles. The highest BCUT2D eigenvalue weighted by atomic mass is 35.5.